The van der Waals surface area contributed by atoms with E-state index in [1.807, 2.05) is 12.1 Å². The maximum absolute atomic E-state index is 5.26. The number of hydrogen-bond acceptors (Lipinski definition) is 3. The van der Waals surface area contributed by atoms with E-state index in [2.05, 4.69) is 17.6 Å². The van der Waals surface area contributed by atoms with Crippen LogP contribution in [0.1, 0.15) is 12.7 Å². The van der Waals surface area contributed by atoms with E-state index in [0.717, 1.165) is 38.4 Å². The van der Waals surface area contributed by atoms with Crippen molar-refractivity contribution in [3.63, 3.8) is 0 Å². The lowest BCUT2D eigenvalue weighted by atomic mass is 10.0. The van der Waals surface area contributed by atoms with Crippen molar-refractivity contribution in [3.05, 3.63) is 35.3 Å². The molecule has 0 aliphatic carbocycles. The van der Waals surface area contributed by atoms with Gasteiger partial charge in [-0.25, -0.2) is 0 Å². The molecule has 1 aromatic heterocycles. The van der Waals surface area contributed by atoms with Crippen LogP contribution in [0.2, 0.25) is 0 Å². The summed E-state index contributed by atoms with van der Waals surface area (Å²) in [6.45, 7) is 6.33. The summed E-state index contributed by atoms with van der Waals surface area (Å²) in [6.07, 6.45) is 2.69. The van der Waals surface area contributed by atoms with Crippen molar-refractivity contribution in [3.8, 4) is 0 Å². The van der Waals surface area contributed by atoms with Gasteiger partial charge in [0.25, 0.3) is 0 Å². The van der Waals surface area contributed by atoms with Gasteiger partial charge in [-0.15, -0.1) is 0 Å². The largest absolute Gasteiger partial charge is 0.469 e. The molecule has 2 heterocycles. The van der Waals surface area contributed by atoms with E-state index in [9.17, 15) is 0 Å². The Morgan fingerprint density at radius 2 is 2.40 bits per heavy atom. The molecular formula is C12H18N2O. The summed E-state index contributed by atoms with van der Waals surface area (Å²) >= 11 is 0. The summed E-state index contributed by atoms with van der Waals surface area (Å²) in [5.74, 6) is 1.05. The SMILES string of the molecule is CC(CNCCc1ccco1)=C1CNC1. The van der Waals surface area contributed by atoms with Crippen LogP contribution in [0, 0.1) is 0 Å². The van der Waals surface area contributed by atoms with Crippen LogP contribution in [-0.2, 0) is 6.42 Å². The van der Waals surface area contributed by atoms with Gasteiger partial charge in [-0.2, -0.15) is 0 Å². The van der Waals surface area contributed by atoms with Crippen LogP contribution in [0.25, 0.3) is 0 Å². The van der Waals surface area contributed by atoms with Crippen molar-refractivity contribution in [1.82, 2.24) is 10.6 Å². The average Bonchev–Trinajstić information content (AvgIpc) is 2.62. The molecule has 3 heteroatoms. The summed E-state index contributed by atoms with van der Waals surface area (Å²) in [4.78, 5) is 0. The van der Waals surface area contributed by atoms with Gasteiger partial charge in [0, 0.05) is 32.6 Å². The topological polar surface area (TPSA) is 37.2 Å². The molecule has 0 radical (unpaired) electrons. The molecule has 15 heavy (non-hydrogen) atoms. The van der Waals surface area contributed by atoms with Gasteiger partial charge in [0.05, 0.1) is 6.26 Å². The molecule has 1 aromatic rings. The Labute approximate surface area is 90.5 Å². The molecular weight excluding hydrogens is 188 g/mol. The van der Waals surface area contributed by atoms with Gasteiger partial charge in [-0.05, 0) is 24.6 Å². The predicted octanol–water partition coefficient (Wildman–Crippen LogP) is 1.33. The van der Waals surface area contributed by atoms with Gasteiger partial charge in [-0.1, -0.05) is 5.57 Å². The molecule has 1 aliphatic rings. The van der Waals surface area contributed by atoms with Crippen molar-refractivity contribution >= 4 is 0 Å². The van der Waals surface area contributed by atoms with E-state index < -0.39 is 0 Å². The third-order valence-electron chi connectivity index (χ3n) is 2.80. The average molecular weight is 206 g/mol. The number of rotatable bonds is 5. The van der Waals surface area contributed by atoms with Crippen LogP contribution in [-0.4, -0.2) is 26.2 Å². The second-order valence-corrected chi connectivity index (χ2v) is 3.99. The van der Waals surface area contributed by atoms with Gasteiger partial charge in [0.15, 0.2) is 0 Å². The standard InChI is InChI=1S/C12H18N2O/c1-10(11-8-14-9-11)7-13-5-4-12-3-2-6-15-12/h2-3,6,13-14H,4-5,7-9H2,1H3. The molecule has 1 saturated heterocycles. The highest BCUT2D eigenvalue weighted by atomic mass is 16.3. The van der Waals surface area contributed by atoms with Gasteiger partial charge in [0.1, 0.15) is 5.76 Å². The molecule has 3 nitrogen and oxygen atoms in total. The van der Waals surface area contributed by atoms with Crippen LogP contribution in [0.4, 0.5) is 0 Å². The molecule has 0 spiro atoms. The highest BCUT2D eigenvalue weighted by molar-refractivity contribution is 5.22. The predicted molar refractivity (Wildman–Crippen MR) is 60.9 cm³/mol. The molecule has 0 amide bonds. The Morgan fingerprint density at radius 3 is 3.00 bits per heavy atom. The molecule has 0 aromatic carbocycles. The van der Waals surface area contributed by atoms with Crippen LogP contribution >= 0.6 is 0 Å². The third-order valence-corrected chi connectivity index (χ3v) is 2.80. The smallest absolute Gasteiger partial charge is 0.105 e. The van der Waals surface area contributed by atoms with E-state index in [1.165, 1.54) is 5.57 Å². The lowest BCUT2D eigenvalue weighted by molar-refractivity contribution is 0.501. The molecule has 2 rings (SSSR count). The van der Waals surface area contributed by atoms with E-state index >= 15 is 0 Å². The van der Waals surface area contributed by atoms with Crippen LogP contribution in [0.15, 0.2) is 34.0 Å². The molecule has 1 aliphatic heterocycles. The van der Waals surface area contributed by atoms with Crippen molar-refractivity contribution < 1.29 is 4.42 Å². The zero-order chi connectivity index (χ0) is 10.5. The number of furan rings is 1. The van der Waals surface area contributed by atoms with Crippen LogP contribution in [0.5, 0.6) is 0 Å². The molecule has 0 unspecified atom stereocenters. The molecule has 1 fully saturated rings. The summed E-state index contributed by atoms with van der Waals surface area (Å²) in [5.41, 5.74) is 3.04. The first-order valence-corrected chi connectivity index (χ1v) is 5.47. The first kappa shape index (κ1) is 10.5. The Hall–Kier alpha value is -1.06. The lowest BCUT2D eigenvalue weighted by Crippen LogP contribution is -2.36. The second kappa shape index (κ2) is 5.14. The van der Waals surface area contributed by atoms with Crippen molar-refractivity contribution in [2.75, 3.05) is 26.2 Å². The molecule has 2 N–H and O–H groups in total. The summed E-state index contributed by atoms with van der Waals surface area (Å²) in [7, 11) is 0. The fourth-order valence-electron chi connectivity index (χ4n) is 1.62. The highest BCUT2D eigenvalue weighted by Crippen LogP contribution is 2.07. The first-order chi connectivity index (χ1) is 7.36. The lowest BCUT2D eigenvalue weighted by Gasteiger charge is -2.22. The highest BCUT2D eigenvalue weighted by Gasteiger charge is 2.09. The molecule has 0 atom stereocenters. The van der Waals surface area contributed by atoms with E-state index in [-0.39, 0.29) is 0 Å². The number of hydrogen-bond donors (Lipinski definition) is 2. The Kier molecular flexibility index (Phi) is 3.59. The maximum atomic E-state index is 5.26. The summed E-state index contributed by atoms with van der Waals surface area (Å²) < 4.78 is 5.26. The Morgan fingerprint density at radius 1 is 1.53 bits per heavy atom. The number of nitrogens with one attached hydrogen (secondary N) is 2. The van der Waals surface area contributed by atoms with Gasteiger partial charge in [-0.3, -0.25) is 0 Å². The monoisotopic (exact) mass is 206 g/mol. The van der Waals surface area contributed by atoms with Crippen LogP contribution < -0.4 is 10.6 Å². The quantitative estimate of drug-likeness (QED) is 0.564. The second-order valence-electron chi connectivity index (χ2n) is 3.99. The van der Waals surface area contributed by atoms with Crippen LogP contribution in [0.3, 0.4) is 0 Å². The molecule has 82 valence electrons. The minimum absolute atomic E-state index is 0.966. The van der Waals surface area contributed by atoms with Crippen molar-refractivity contribution in [1.29, 1.82) is 0 Å². The Balaban J connectivity index is 1.63. The van der Waals surface area contributed by atoms with Crippen molar-refractivity contribution in [2.45, 2.75) is 13.3 Å². The summed E-state index contributed by atoms with van der Waals surface area (Å²) in [5, 5.41) is 6.68. The Bertz CT molecular complexity index is 321. The van der Waals surface area contributed by atoms with E-state index in [0.29, 0.717) is 0 Å². The first-order valence-electron chi connectivity index (χ1n) is 5.47. The molecule has 0 saturated carbocycles. The fraction of sp³-hybridized carbons (Fsp3) is 0.500. The molecule has 0 bridgehead atoms. The van der Waals surface area contributed by atoms with E-state index in [4.69, 9.17) is 4.42 Å². The maximum Gasteiger partial charge on any atom is 0.105 e. The fourth-order valence-corrected chi connectivity index (χ4v) is 1.62. The van der Waals surface area contributed by atoms with E-state index in [1.54, 1.807) is 11.8 Å². The zero-order valence-electron chi connectivity index (χ0n) is 9.18. The van der Waals surface area contributed by atoms with Crippen molar-refractivity contribution in [2.24, 2.45) is 0 Å². The normalized spacial score (nSPS) is 15.1. The minimum atomic E-state index is 0.966. The minimum Gasteiger partial charge on any atom is -0.469 e. The van der Waals surface area contributed by atoms with Gasteiger partial charge >= 0.3 is 0 Å². The van der Waals surface area contributed by atoms with Gasteiger partial charge < -0.3 is 15.1 Å². The summed E-state index contributed by atoms with van der Waals surface area (Å²) in [6, 6.07) is 3.95. The zero-order valence-corrected chi connectivity index (χ0v) is 9.18. The third kappa shape index (κ3) is 2.94. The van der Waals surface area contributed by atoms with Gasteiger partial charge in [0.2, 0.25) is 0 Å².